The lowest BCUT2D eigenvalue weighted by Gasteiger charge is -2.07. The number of carbonyl (C=O) groups is 1. The predicted octanol–water partition coefficient (Wildman–Crippen LogP) is 2.36. The van der Waals surface area contributed by atoms with Gasteiger partial charge in [0.05, 0.1) is 18.1 Å². The third-order valence-electron chi connectivity index (χ3n) is 3.02. The molecule has 106 valence electrons. The molecule has 1 aliphatic rings. The number of ether oxygens (including phenoxy) is 2. The normalized spacial score (nSPS) is 20.9. The number of carbonyl (C=O) groups excluding carboxylic acids is 1. The third kappa shape index (κ3) is 3.03. The molecule has 6 nitrogen and oxygen atoms in total. The second kappa shape index (κ2) is 5.42. The van der Waals surface area contributed by atoms with E-state index >= 15 is 0 Å². The predicted molar refractivity (Wildman–Crippen MR) is 72.7 cm³/mol. The van der Waals surface area contributed by atoms with Crippen LogP contribution in [0.4, 0.5) is 5.69 Å². The maximum Gasteiger partial charge on any atom is 0.270 e. The van der Waals surface area contributed by atoms with Crippen molar-refractivity contribution in [3.63, 3.8) is 0 Å². The quantitative estimate of drug-likeness (QED) is 0.345. The first-order valence-corrected chi connectivity index (χ1v) is 6.24. The van der Waals surface area contributed by atoms with Gasteiger partial charge in [-0.1, -0.05) is 0 Å². The topological polar surface area (TPSA) is 82.0 Å². The maximum atomic E-state index is 11.8. The van der Waals surface area contributed by atoms with Crippen LogP contribution in [-0.4, -0.2) is 29.5 Å². The van der Waals surface area contributed by atoms with Gasteiger partial charge in [-0.15, -0.1) is 0 Å². The first kappa shape index (κ1) is 14.2. The molecule has 1 aromatic carbocycles. The Hall–Kier alpha value is -2.21. The molecule has 1 heterocycles. The van der Waals surface area contributed by atoms with E-state index in [1.807, 2.05) is 6.92 Å². The highest BCUT2D eigenvalue weighted by molar-refractivity contribution is 6.01. The van der Waals surface area contributed by atoms with Crippen LogP contribution in [0, 0.1) is 10.1 Å². The van der Waals surface area contributed by atoms with Crippen molar-refractivity contribution in [2.75, 3.05) is 13.2 Å². The molecule has 0 N–H and O–H groups in total. The smallest absolute Gasteiger partial charge is 0.270 e. The summed E-state index contributed by atoms with van der Waals surface area (Å²) in [6, 6.07) is 4.28. The fraction of sp³-hybridized carbons (Fsp3) is 0.357. The molecule has 0 amide bonds. The van der Waals surface area contributed by atoms with Gasteiger partial charge >= 0.3 is 0 Å². The van der Waals surface area contributed by atoms with E-state index in [1.165, 1.54) is 30.4 Å². The van der Waals surface area contributed by atoms with E-state index in [9.17, 15) is 14.9 Å². The monoisotopic (exact) mass is 277 g/mol. The van der Waals surface area contributed by atoms with Crippen molar-refractivity contribution in [2.24, 2.45) is 0 Å². The zero-order chi connectivity index (χ0) is 14.8. The minimum absolute atomic E-state index is 0.0468. The number of hydrogen-bond acceptors (Lipinski definition) is 5. The lowest BCUT2D eigenvalue weighted by Crippen LogP contribution is -2.17. The Morgan fingerprint density at radius 1 is 1.60 bits per heavy atom. The summed E-state index contributed by atoms with van der Waals surface area (Å²) in [6.07, 6.45) is 2.89. The fourth-order valence-electron chi connectivity index (χ4n) is 1.66. The van der Waals surface area contributed by atoms with Gasteiger partial charge in [0.15, 0.2) is 11.4 Å². The SMILES string of the molecule is CCOc1ccc([N+](=O)[O-])cc1/C=C/C(=O)C1(C)CO1. The second-order valence-electron chi connectivity index (χ2n) is 4.63. The van der Waals surface area contributed by atoms with Gasteiger partial charge in [0.2, 0.25) is 0 Å². The molecule has 1 aromatic rings. The van der Waals surface area contributed by atoms with E-state index in [4.69, 9.17) is 9.47 Å². The van der Waals surface area contributed by atoms with Gasteiger partial charge in [0.1, 0.15) is 5.75 Å². The molecular weight excluding hydrogens is 262 g/mol. The van der Waals surface area contributed by atoms with Crippen LogP contribution in [0.3, 0.4) is 0 Å². The Labute approximate surface area is 116 Å². The van der Waals surface area contributed by atoms with Crippen molar-refractivity contribution in [1.82, 2.24) is 0 Å². The van der Waals surface area contributed by atoms with Crippen LogP contribution in [0.1, 0.15) is 19.4 Å². The molecule has 1 saturated heterocycles. The summed E-state index contributed by atoms with van der Waals surface area (Å²) in [5, 5.41) is 10.8. The minimum atomic E-state index is -0.733. The summed E-state index contributed by atoms with van der Waals surface area (Å²) in [6.45, 7) is 4.37. The molecule has 2 rings (SSSR count). The number of nitro benzene ring substituents is 1. The summed E-state index contributed by atoms with van der Waals surface area (Å²) in [4.78, 5) is 22.1. The van der Waals surface area contributed by atoms with Gasteiger partial charge in [-0.2, -0.15) is 0 Å². The van der Waals surface area contributed by atoms with E-state index in [0.29, 0.717) is 24.5 Å². The van der Waals surface area contributed by atoms with Crippen molar-refractivity contribution in [1.29, 1.82) is 0 Å². The highest BCUT2D eigenvalue weighted by atomic mass is 16.6. The average Bonchev–Trinajstić information content (AvgIpc) is 3.16. The first-order chi connectivity index (χ1) is 9.46. The molecule has 0 saturated carbocycles. The van der Waals surface area contributed by atoms with Crippen LogP contribution in [0.25, 0.3) is 6.08 Å². The van der Waals surface area contributed by atoms with Crippen molar-refractivity contribution in [2.45, 2.75) is 19.4 Å². The zero-order valence-electron chi connectivity index (χ0n) is 11.3. The Morgan fingerprint density at radius 3 is 2.85 bits per heavy atom. The van der Waals surface area contributed by atoms with Gasteiger partial charge in [0.25, 0.3) is 5.69 Å². The number of nitro groups is 1. The molecule has 0 aromatic heterocycles. The van der Waals surface area contributed by atoms with Crippen LogP contribution >= 0.6 is 0 Å². The van der Waals surface area contributed by atoms with Gasteiger partial charge < -0.3 is 9.47 Å². The zero-order valence-corrected chi connectivity index (χ0v) is 11.3. The van der Waals surface area contributed by atoms with Crippen LogP contribution < -0.4 is 4.74 Å². The number of ketones is 1. The Kier molecular flexibility index (Phi) is 3.85. The summed E-state index contributed by atoms with van der Waals surface area (Å²) < 4.78 is 10.4. The van der Waals surface area contributed by atoms with E-state index < -0.39 is 10.5 Å². The highest BCUT2D eigenvalue weighted by Gasteiger charge is 2.45. The van der Waals surface area contributed by atoms with E-state index in [1.54, 1.807) is 6.92 Å². The van der Waals surface area contributed by atoms with Gasteiger partial charge in [0, 0.05) is 17.7 Å². The molecule has 0 bridgehead atoms. The lowest BCUT2D eigenvalue weighted by atomic mass is 10.1. The van der Waals surface area contributed by atoms with Gasteiger partial charge in [-0.25, -0.2) is 0 Å². The average molecular weight is 277 g/mol. The van der Waals surface area contributed by atoms with Crippen molar-refractivity contribution < 1.29 is 19.2 Å². The van der Waals surface area contributed by atoms with Gasteiger partial charge in [-0.05, 0) is 32.1 Å². The molecule has 0 spiro atoms. The van der Waals surface area contributed by atoms with Crippen LogP contribution in [-0.2, 0) is 9.53 Å². The molecule has 1 aliphatic heterocycles. The highest BCUT2D eigenvalue weighted by Crippen LogP contribution is 2.29. The minimum Gasteiger partial charge on any atom is -0.493 e. The Balaban J connectivity index is 2.27. The number of hydrogen-bond donors (Lipinski definition) is 0. The summed E-state index contributed by atoms with van der Waals surface area (Å²) in [5.74, 6) is 0.343. The Morgan fingerprint density at radius 2 is 2.30 bits per heavy atom. The molecular formula is C14H15NO5. The van der Waals surface area contributed by atoms with Gasteiger partial charge in [-0.3, -0.25) is 14.9 Å². The number of rotatable bonds is 6. The lowest BCUT2D eigenvalue weighted by molar-refractivity contribution is -0.384. The molecule has 6 heteroatoms. The number of epoxide rings is 1. The number of benzene rings is 1. The van der Waals surface area contributed by atoms with Crippen LogP contribution in [0.2, 0.25) is 0 Å². The Bertz CT molecular complexity index is 575. The molecule has 1 fully saturated rings. The number of nitrogens with zero attached hydrogens (tertiary/aromatic N) is 1. The van der Waals surface area contributed by atoms with Crippen LogP contribution in [0.15, 0.2) is 24.3 Å². The molecule has 20 heavy (non-hydrogen) atoms. The van der Waals surface area contributed by atoms with E-state index in [-0.39, 0.29) is 11.5 Å². The van der Waals surface area contributed by atoms with Crippen molar-refractivity contribution in [3.8, 4) is 5.75 Å². The van der Waals surface area contributed by atoms with E-state index in [2.05, 4.69) is 0 Å². The standard InChI is InChI=1S/C14H15NO5/c1-3-19-12-6-5-11(15(17)18)8-10(12)4-7-13(16)14(2)9-20-14/h4-8H,3,9H2,1-2H3/b7-4+. The van der Waals surface area contributed by atoms with E-state index in [0.717, 1.165) is 0 Å². The van der Waals surface area contributed by atoms with Crippen molar-refractivity contribution in [3.05, 3.63) is 40.0 Å². The summed E-state index contributed by atoms with van der Waals surface area (Å²) in [7, 11) is 0. The maximum absolute atomic E-state index is 11.8. The molecule has 1 atom stereocenters. The molecule has 0 aliphatic carbocycles. The van der Waals surface area contributed by atoms with Crippen LogP contribution in [0.5, 0.6) is 5.75 Å². The number of non-ortho nitro benzene ring substituents is 1. The third-order valence-corrected chi connectivity index (χ3v) is 3.02. The van der Waals surface area contributed by atoms with Crippen molar-refractivity contribution >= 4 is 17.5 Å². The summed E-state index contributed by atoms with van der Waals surface area (Å²) in [5.41, 5.74) is -0.281. The summed E-state index contributed by atoms with van der Waals surface area (Å²) >= 11 is 0. The molecule has 1 unspecified atom stereocenters. The first-order valence-electron chi connectivity index (χ1n) is 6.24. The second-order valence-corrected chi connectivity index (χ2v) is 4.63. The largest absolute Gasteiger partial charge is 0.493 e. The fourth-order valence-corrected chi connectivity index (χ4v) is 1.66. The molecule has 0 radical (unpaired) electrons.